The third-order valence-electron chi connectivity index (χ3n) is 2.71. The van der Waals surface area contributed by atoms with Crippen molar-refractivity contribution in [1.29, 1.82) is 0 Å². The molecule has 0 atom stereocenters. The first-order valence-electron chi connectivity index (χ1n) is 6.25. The van der Waals surface area contributed by atoms with Crippen LogP contribution in [0.2, 0.25) is 0 Å². The summed E-state index contributed by atoms with van der Waals surface area (Å²) >= 11 is 2.39. The van der Waals surface area contributed by atoms with Crippen molar-refractivity contribution in [2.75, 3.05) is 5.75 Å². The van der Waals surface area contributed by atoms with E-state index in [-0.39, 0.29) is 16.8 Å². The monoisotopic (exact) mass is 318 g/mol. The lowest BCUT2D eigenvalue weighted by Crippen LogP contribution is -2.17. The number of aryl methyl sites for hydroxylation is 1. The number of rotatable bonds is 3. The second-order valence-electron chi connectivity index (χ2n) is 4.43. The number of nitrogens with zero attached hydrogens (tertiary/aromatic N) is 2. The average Bonchev–Trinajstić information content (AvgIpc) is 2.74. The Hall–Kier alpha value is -1.84. The number of fused-ring (bicyclic) bond motifs is 1. The number of carbonyl (C=O) groups excluding carboxylic acids is 2. The van der Waals surface area contributed by atoms with E-state index in [1.165, 1.54) is 18.3 Å². The largest absolute Gasteiger partial charge is 0.305 e. The van der Waals surface area contributed by atoms with Crippen molar-refractivity contribution in [2.24, 2.45) is 4.99 Å². The van der Waals surface area contributed by atoms with E-state index in [4.69, 9.17) is 6.42 Å². The Morgan fingerprint density at radius 3 is 2.90 bits per heavy atom. The maximum absolute atomic E-state index is 11.8. The van der Waals surface area contributed by atoms with Crippen molar-refractivity contribution in [1.82, 2.24) is 4.57 Å². The first-order chi connectivity index (χ1) is 10.0. The fourth-order valence-corrected chi connectivity index (χ4v) is 3.35. The van der Waals surface area contributed by atoms with Crippen molar-refractivity contribution in [3.63, 3.8) is 0 Å². The Bertz CT molecular complexity index is 809. The van der Waals surface area contributed by atoms with E-state index in [1.807, 2.05) is 29.7 Å². The van der Waals surface area contributed by atoms with Gasteiger partial charge in [0.1, 0.15) is 0 Å². The molecule has 6 heteroatoms. The smallest absolute Gasteiger partial charge is 0.258 e. The van der Waals surface area contributed by atoms with Crippen LogP contribution in [0.1, 0.15) is 12.5 Å². The third kappa shape index (κ3) is 3.84. The van der Waals surface area contributed by atoms with Crippen LogP contribution in [-0.4, -0.2) is 21.3 Å². The predicted molar refractivity (Wildman–Crippen MR) is 87.1 cm³/mol. The second kappa shape index (κ2) is 6.74. The SMILES string of the molecule is C#CCn1c(=NC(=O)CSC(C)=O)sc2cc(C)ccc21. The van der Waals surface area contributed by atoms with Crippen LogP contribution < -0.4 is 4.80 Å². The van der Waals surface area contributed by atoms with Gasteiger partial charge in [-0.3, -0.25) is 9.59 Å². The minimum atomic E-state index is -0.329. The minimum absolute atomic E-state index is 0.0542. The number of aromatic nitrogens is 1. The molecule has 0 bridgehead atoms. The van der Waals surface area contributed by atoms with Crippen molar-refractivity contribution < 1.29 is 9.59 Å². The van der Waals surface area contributed by atoms with E-state index in [0.29, 0.717) is 11.3 Å². The molecule has 2 rings (SSSR count). The normalized spacial score (nSPS) is 11.6. The predicted octanol–water partition coefficient (Wildman–Crippen LogP) is 2.35. The van der Waals surface area contributed by atoms with E-state index in [1.54, 1.807) is 0 Å². The zero-order chi connectivity index (χ0) is 15.4. The zero-order valence-electron chi connectivity index (χ0n) is 11.8. The van der Waals surface area contributed by atoms with Crippen LogP contribution >= 0.6 is 23.1 Å². The summed E-state index contributed by atoms with van der Waals surface area (Å²) in [6.07, 6.45) is 5.40. The molecule has 0 spiro atoms. The number of hydrogen-bond acceptors (Lipinski definition) is 4. The molecule has 1 aromatic heterocycles. The van der Waals surface area contributed by atoms with Crippen LogP contribution in [0.25, 0.3) is 10.2 Å². The van der Waals surface area contributed by atoms with Gasteiger partial charge in [-0.1, -0.05) is 35.1 Å². The number of thiazole rings is 1. The molecule has 0 aliphatic heterocycles. The van der Waals surface area contributed by atoms with Crippen LogP contribution in [-0.2, 0) is 16.1 Å². The van der Waals surface area contributed by atoms with Gasteiger partial charge in [-0.25, -0.2) is 0 Å². The van der Waals surface area contributed by atoms with E-state index in [2.05, 4.69) is 10.9 Å². The van der Waals surface area contributed by atoms with Gasteiger partial charge in [0.2, 0.25) is 0 Å². The summed E-state index contributed by atoms with van der Waals surface area (Å²) in [5.74, 6) is 2.30. The van der Waals surface area contributed by atoms with Crippen LogP contribution in [0.4, 0.5) is 0 Å². The number of amides is 1. The van der Waals surface area contributed by atoms with Crippen molar-refractivity contribution in [2.45, 2.75) is 20.4 Å². The third-order valence-corrected chi connectivity index (χ3v) is 4.55. The summed E-state index contributed by atoms with van der Waals surface area (Å²) < 4.78 is 2.88. The summed E-state index contributed by atoms with van der Waals surface area (Å²) in [5, 5.41) is -0.0954. The van der Waals surface area contributed by atoms with E-state index < -0.39 is 0 Å². The number of benzene rings is 1. The van der Waals surface area contributed by atoms with Gasteiger partial charge < -0.3 is 4.57 Å². The van der Waals surface area contributed by atoms with Gasteiger partial charge in [-0.05, 0) is 24.6 Å². The molecule has 21 heavy (non-hydrogen) atoms. The fraction of sp³-hybridized carbons (Fsp3) is 0.267. The molecule has 1 aromatic carbocycles. The Labute approximate surface area is 130 Å². The number of terminal acetylenes is 1. The highest BCUT2D eigenvalue weighted by atomic mass is 32.2. The molecule has 0 aliphatic rings. The zero-order valence-corrected chi connectivity index (χ0v) is 13.4. The summed E-state index contributed by atoms with van der Waals surface area (Å²) in [5.41, 5.74) is 2.11. The first kappa shape index (κ1) is 15.5. The molecule has 0 aliphatic carbocycles. The number of carbonyl (C=O) groups is 2. The molecule has 2 aromatic rings. The standard InChI is InChI=1S/C15H14N2O2S2/c1-4-7-17-12-6-5-10(2)8-13(12)21-15(17)16-14(19)9-20-11(3)18/h1,5-6,8H,7,9H2,2-3H3. The van der Waals surface area contributed by atoms with Gasteiger partial charge in [0.05, 0.1) is 22.5 Å². The van der Waals surface area contributed by atoms with Crippen LogP contribution in [0.15, 0.2) is 23.2 Å². The molecule has 0 unspecified atom stereocenters. The van der Waals surface area contributed by atoms with Crippen LogP contribution in [0, 0.1) is 19.3 Å². The van der Waals surface area contributed by atoms with Gasteiger partial charge in [-0.2, -0.15) is 4.99 Å². The van der Waals surface area contributed by atoms with Crippen LogP contribution in [0.5, 0.6) is 0 Å². The van der Waals surface area contributed by atoms with Gasteiger partial charge in [-0.15, -0.1) is 6.42 Å². The fourth-order valence-electron chi connectivity index (χ4n) is 1.81. The maximum atomic E-state index is 11.8. The highest BCUT2D eigenvalue weighted by Crippen LogP contribution is 2.18. The van der Waals surface area contributed by atoms with Crippen molar-refractivity contribution in [3.8, 4) is 12.3 Å². The molecule has 0 saturated carbocycles. The van der Waals surface area contributed by atoms with E-state index in [9.17, 15) is 9.59 Å². The summed E-state index contributed by atoms with van der Waals surface area (Å²) in [4.78, 5) is 27.4. The molecule has 1 heterocycles. The van der Waals surface area contributed by atoms with Gasteiger partial charge in [0.25, 0.3) is 5.91 Å². The molecule has 1 amide bonds. The Kier molecular flexibility index (Phi) is 4.99. The van der Waals surface area contributed by atoms with Crippen molar-refractivity contribution in [3.05, 3.63) is 28.6 Å². The molecular formula is C15H14N2O2S2. The van der Waals surface area contributed by atoms with Gasteiger partial charge in [0, 0.05) is 6.92 Å². The Balaban J connectivity index is 2.47. The maximum Gasteiger partial charge on any atom is 0.258 e. The molecule has 108 valence electrons. The lowest BCUT2D eigenvalue weighted by Gasteiger charge is -1.99. The molecule has 0 radical (unpaired) electrons. The first-order valence-corrected chi connectivity index (χ1v) is 8.06. The molecule has 4 nitrogen and oxygen atoms in total. The highest BCUT2D eigenvalue weighted by molar-refractivity contribution is 8.14. The molecule has 0 saturated heterocycles. The molecule has 0 fully saturated rings. The highest BCUT2D eigenvalue weighted by Gasteiger charge is 2.08. The van der Waals surface area contributed by atoms with E-state index in [0.717, 1.165) is 27.5 Å². The Morgan fingerprint density at radius 2 is 2.24 bits per heavy atom. The van der Waals surface area contributed by atoms with Crippen LogP contribution in [0.3, 0.4) is 0 Å². The van der Waals surface area contributed by atoms with Gasteiger partial charge in [0.15, 0.2) is 9.92 Å². The topological polar surface area (TPSA) is 51.4 Å². The summed E-state index contributed by atoms with van der Waals surface area (Å²) in [6, 6.07) is 6.02. The quantitative estimate of drug-likeness (QED) is 0.816. The number of thioether (sulfide) groups is 1. The van der Waals surface area contributed by atoms with Crippen molar-refractivity contribution >= 4 is 44.3 Å². The average molecular weight is 318 g/mol. The number of hydrogen-bond donors (Lipinski definition) is 0. The van der Waals surface area contributed by atoms with Gasteiger partial charge >= 0.3 is 0 Å². The lowest BCUT2D eigenvalue weighted by molar-refractivity contribution is -0.116. The van der Waals surface area contributed by atoms with E-state index >= 15 is 0 Å². The Morgan fingerprint density at radius 1 is 1.48 bits per heavy atom. The molecule has 0 N–H and O–H groups in total. The summed E-state index contributed by atoms with van der Waals surface area (Å²) in [7, 11) is 0. The summed E-state index contributed by atoms with van der Waals surface area (Å²) in [6.45, 7) is 3.80. The second-order valence-corrected chi connectivity index (χ2v) is 6.59. The minimum Gasteiger partial charge on any atom is -0.305 e. The lowest BCUT2D eigenvalue weighted by atomic mass is 10.2. The molecular weight excluding hydrogens is 304 g/mol.